The Morgan fingerprint density at radius 1 is 0.909 bits per heavy atom. The molecule has 0 unspecified atom stereocenters. The highest BCUT2D eigenvalue weighted by Gasteiger charge is 2.05. The Hall–Kier alpha value is -2.20. The summed E-state index contributed by atoms with van der Waals surface area (Å²) in [6, 6.07) is 15.9. The molecule has 0 spiro atoms. The number of para-hydroxylation sites is 3. The van der Waals surface area contributed by atoms with E-state index in [-0.39, 0.29) is 0 Å². The van der Waals surface area contributed by atoms with Crippen molar-refractivity contribution in [2.75, 3.05) is 32.2 Å². The molecule has 0 aromatic heterocycles. The summed E-state index contributed by atoms with van der Waals surface area (Å²) >= 11 is 0. The van der Waals surface area contributed by atoms with Gasteiger partial charge in [0.1, 0.15) is 18.1 Å². The Labute approximate surface area is 132 Å². The van der Waals surface area contributed by atoms with Crippen LogP contribution in [0.4, 0.5) is 5.69 Å². The van der Waals surface area contributed by atoms with Gasteiger partial charge in [0.05, 0.1) is 19.4 Å². The van der Waals surface area contributed by atoms with Crippen LogP contribution in [0.25, 0.3) is 0 Å². The van der Waals surface area contributed by atoms with Gasteiger partial charge in [-0.15, -0.1) is 0 Å². The highest BCUT2D eigenvalue weighted by atomic mass is 16.5. The number of rotatable bonds is 9. The van der Waals surface area contributed by atoms with Gasteiger partial charge in [0.2, 0.25) is 0 Å². The van der Waals surface area contributed by atoms with E-state index in [0.717, 1.165) is 22.7 Å². The van der Waals surface area contributed by atoms with Gasteiger partial charge in [0.25, 0.3) is 0 Å². The molecule has 22 heavy (non-hydrogen) atoms. The summed E-state index contributed by atoms with van der Waals surface area (Å²) in [5.41, 5.74) is 2.07. The predicted octanol–water partition coefficient (Wildman–Crippen LogP) is 3.72. The largest absolute Gasteiger partial charge is 0.496 e. The molecular formula is C18H23NO3. The molecule has 4 nitrogen and oxygen atoms in total. The van der Waals surface area contributed by atoms with Crippen LogP contribution in [0.2, 0.25) is 0 Å². The molecular weight excluding hydrogens is 278 g/mol. The van der Waals surface area contributed by atoms with Crippen molar-refractivity contribution in [3.63, 3.8) is 0 Å². The summed E-state index contributed by atoms with van der Waals surface area (Å²) in [7, 11) is 1.68. The molecule has 0 amide bonds. The van der Waals surface area contributed by atoms with Crippen LogP contribution in [0.3, 0.4) is 0 Å². The molecule has 4 heteroatoms. The number of benzene rings is 2. The zero-order chi connectivity index (χ0) is 15.6. The summed E-state index contributed by atoms with van der Waals surface area (Å²) < 4.78 is 16.4. The molecule has 0 saturated heterocycles. The maximum atomic E-state index is 5.77. The molecule has 0 radical (unpaired) electrons. The predicted molar refractivity (Wildman–Crippen MR) is 88.8 cm³/mol. The van der Waals surface area contributed by atoms with Gasteiger partial charge in [-0.05, 0) is 25.1 Å². The van der Waals surface area contributed by atoms with E-state index in [1.807, 2.05) is 55.5 Å². The Balaban J connectivity index is 1.97. The molecule has 0 fully saturated rings. The van der Waals surface area contributed by atoms with Crippen LogP contribution in [-0.2, 0) is 11.3 Å². The zero-order valence-corrected chi connectivity index (χ0v) is 13.2. The lowest BCUT2D eigenvalue weighted by molar-refractivity contribution is 0.110. The molecule has 1 N–H and O–H groups in total. The Morgan fingerprint density at radius 3 is 2.41 bits per heavy atom. The fourth-order valence-corrected chi connectivity index (χ4v) is 2.13. The first-order valence-electron chi connectivity index (χ1n) is 7.50. The Morgan fingerprint density at radius 2 is 1.64 bits per heavy atom. The average molecular weight is 301 g/mol. The van der Waals surface area contributed by atoms with Crippen molar-refractivity contribution >= 4 is 5.69 Å². The number of methoxy groups -OCH3 is 1. The third-order valence-corrected chi connectivity index (χ3v) is 3.24. The number of hydrogen-bond donors (Lipinski definition) is 1. The molecule has 2 aromatic carbocycles. The molecule has 0 atom stereocenters. The highest BCUT2D eigenvalue weighted by Crippen LogP contribution is 2.26. The quantitative estimate of drug-likeness (QED) is 0.717. The van der Waals surface area contributed by atoms with Crippen molar-refractivity contribution in [3.8, 4) is 11.5 Å². The monoisotopic (exact) mass is 301 g/mol. The minimum absolute atomic E-state index is 0.543. The number of nitrogens with one attached hydrogen (secondary N) is 1. The smallest absolute Gasteiger partial charge is 0.142 e. The number of hydrogen-bond acceptors (Lipinski definition) is 4. The first kappa shape index (κ1) is 16.2. The lowest BCUT2D eigenvalue weighted by Crippen LogP contribution is -2.08. The fraction of sp³-hybridized carbons (Fsp3) is 0.333. The van der Waals surface area contributed by atoms with Crippen LogP contribution in [0.15, 0.2) is 48.5 Å². The maximum Gasteiger partial charge on any atom is 0.142 e. The van der Waals surface area contributed by atoms with Gasteiger partial charge in [-0.1, -0.05) is 30.3 Å². The van der Waals surface area contributed by atoms with Crippen LogP contribution in [0, 0.1) is 0 Å². The maximum absolute atomic E-state index is 5.77. The zero-order valence-electron chi connectivity index (χ0n) is 13.2. The lowest BCUT2D eigenvalue weighted by atomic mass is 10.2. The Bertz CT molecular complexity index is 572. The minimum Gasteiger partial charge on any atom is -0.496 e. The van der Waals surface area contributed by atoms with Crippen molar-refractivity contribution in [3.05, 3.63) is 54.1 Å². The van der Waals surface area contributed by atoms with Crippen LogP contribution in [-0.4, -0.2) is 26.9 Å². The minimum atomic E-state index is 0.543. The second kappa shape index (κ2) is 8.95. The van der Waals surface area contributed by atoms with E-state index in [1.165, 1.54) is 0 Å². The van der Waals surface area contributed by atoms with E-state index in [2.05, 4.69) is 5.32 Å². The molecule has 2 aromatic rings. The van der Waals surface area contributed by atoms with Crippen molar-refractivity contribution in [1.82, 2.24) is 0 Å². The highest BCUT2D eigenvalue weighted by molar-refractivity contribution is 5.56. The molecule has 0 aliphatic rings. The van der Waals surface area contributed by atoms with Crippen molar-refractivity contribution in [2.24, 2.45) is 0 Å². The van der Waals surface area contributed by atoms with Gasteiger partial charge >= 0.3 is 0 Å². The summed E-state index contributed by atoms with van der Waals surface area (Å²) in [4.78, 5) is 0. The van der Waals surface area contributed by atoms with Gasteiger partial charge in [-0.2, -0.15) is 0 Å². The molecule has 0 heterocycles. The molecule has 0 bridgehead atoms. The standard InChI is InChI=1S/C18H23NO3/c1-3-21-12-13-22-18-11-7-5-9-16(18)19-14-15-8-4-6-10-17(15)20-2/h4-11,19H,3,12-14H2,1-2H3. The third kappa shape index (κ3) is 4.67. The number of anilines is 1. The average Bonchev–Trinajstić information content (AvgIpc) is 2.58. The van der Waals surface area contributed by atoms with E-state index >= 15 is 0 Å². The van der Waals surface area contributed by atoms with Crippen molar-refractivity contribution < 1.29 is 14.2 Å². The first-order valence-corrected chi connectivity index (χ1v) is 7.50. The SMILES string of the molecule is CCOCCOc1ccccc1NCc1ccccc1OC. The molecule has 2 rings (SSSR count). The number of ether oxygens (including phenoxy) is 3. The summed E-state index contributed by atoms with van der Waals surface area (Å²) in [6.07, 6.45) is 0. The van der Waals surface area contributed by atoms with E-state index in [0.29, 0.717) is 26.4 Å². The van der Waals surface area contributed by atoms with Gasteiger partial charge in [-0.25, -0.2) is 0 Å². The van der Waals surface area contributed by atoms with Crippen LogP contribution in [0.1, 0.15) is 12.5 Å². The van der Waals surface area contributed by atoms with Gasteiger partial charge in [0.15, 0.2) is 0 Å². The summed E-state index contributed by atoms with van der Waals surface area (Å²) in [6.45, 7) is 4.49. The van der Waals surface area contributed by atoms with E-state index in [9.17, 15) is 0 Å². The molecule has 118 valence electrons. The van der Waals surface area contributed by atoms with E-state index < -0.39 is 0 Å². The van der Waals surface area contributed by atoms with E-state index in [1.54, 1.807) is 7.11 Å². The van der Waals surface area contributed by atoms with Gasteiger partial charge < -0.3 is 19.5 Å². The third-order valence-electron chi connectivity index (χ3n) is 3.24. The van der Waals surface area contributed by atoms with Crippen molar-refractivity contribution in [2.45, 2.75) is 13.5 Å². The summed E-state index contributed by atoms with van der Waals surface area (Å²) in [5.74, 6) is 1.71. The summed E-state index contributed by atoms with van der Waals surface area (Å²) in [5, 5.41) is 3.40. The van der Waals surface area contributed by atoms with E-state index in [4.69, 9.17) is 14.2 Å². The van der Waals surface area contributed by atoms with Crippen LogP contribution < -0.4 is 14.8 Å². The first-order chi connectivity index (χ1) is 10.8. The van der Waals surface area contributed by atoms with Crippen molar-refractivity contribution in [1.29, 1.82) is 0 Å². The lowest BCUT2D eigenvalue weighted by Gasteiger charge is -2.14. The Kier molecular flexibility index (Phi) is 6.58. The normalized spacial score (nSPS) is 10.3. The van der Waals surface area contributed by atoms with Crippen LogP contribution in [0.5, 0.6) is 11.5 Å². The second-order valence-corrected chi connectivity index (χ2v) is 4.71. The molecule has 0 aliphatic carbocycles. The second-order valence-electron chi connectivity index (χ2n) is 4.71. The van der Waals surface area contributed by atoms with Gasteiger partial charge in [0, 0.05) is 18.7 Å². The van der Waals surface area contributed by atoms with Gasteiger partial charge in [-0.3, -0.25) is 0 Å². The fourth-order valence-electron chi connectivity index (χ4n) is 2.13. The molecule has 0 aliphatic heterocycles. The molecule has 0 saturated carbocycles. The topological polar surface area (TPSA) is 39.7 Å². The van der Waals surface area contributed by atoms with Crippen LogP contribution >= 0.6 is 0 Å².